The van der Waals surface area contributed by atoms with E-state index in [0.717, 1.165) is 55.7 Å². The summed E-state index contributed by atoms with van der Waals surface area (Å²) >= 11 is 0. The number of carbonyl (C=O) groups is 1. The molecule has 3 fully saturated rings. The van der Waals surface area contributed by atoms with Gasteiger partial charge in [0.25, 0.3) is 0 Å². The van der Waals surface area contributed by atoms with Crippen molar-refractivity contribution in [3.05, 3.63) is 60.3 Å². The Kier molecular flexibility index (Phi) is 8.80. The molecule has 0 saturated carbocycles. The molecule has 3 aliphatic rings. The van der Waals surface area contributed by atoms with Crippen molar-refractivity contribution in [1.29, 1.82) is 5.26 Å². The number of hydrogen-bond donors (Lipinski definition) is 2. The molecule has 4 heterocycles. The maximum absolute atomic E-state index is 15.0. The molecule has 1 amide bonds. The molecule has 3 aromatic rings. The molecule has 0 unspecified atom stereocenters. The monoisotopic (exact) mass is 619 g/mol. The van der Waals surface area contributed by atoms with Gasteiger partial charge in [0.15, 0.2) is 11.9 Å². The summed E-state index contributed by atoms with van der Waals surface area (Å²) in [5, 5.41) is 22.2. The number of nitrogens with one attached hydrogen (secondary N) is 1. The lowest BCUT2D eigenvalue weighted by molar-refractivity contribution is -0.174. The zero-order valence-corrected chi connectivity index (χ0v) is 24.9. The Morgan fingerprint density at radius 3 is 2.56 bits per heavy atom. The van der Waals surface area contributed by atoms with Crippen molar-refractivity contribution < 1.29 is 28.2 Å². The van der Waals surface area contributed by atoms with Gasteiger partial charge in [0.1, 0.15) is 24.2 Å². The maximum atomic E-state index is 15.0. The number of nitrogens with zero attached hydrogens (tertiary/aromatic N) is 6. The summed E-state index contributed by atoms with van der Waals surface area (Å²) < 4.78 is 41.0. The number of anilines is 3. The molecule has 0 aliphatic carbocycles. The largest absolute Gasteiger partial charge is 0.482 e. The van der Waals surface area contributed by atoms with Gasteiger partial charge in [-0.2, -0.15) is 5.26 Å². The molecule has 11 nitrogen and oxygen atoms in total. The molecule has 236 valence electrons. The standard InChI is InChI=1S/C32H35F2N7O4/c1-21-16-41(29(43)17-42)20-32(33,34)30(21)45-27-7-2-22(14-23(27)15-35)31-36-9-8-28(38-31)37-24-3-5-25(6-4-24)39-10-12-40(13-11-39)26-18-44-19-26/h2-9,14,21,26,30,42H,10-13,16-20H2,1H3,(H,36,37,38)/t21-,30+/m1/s1. The Labute approximate surface area is 260 Å². The summed E-state index contributed by atoms with van der Waals surface area (Å²) in [6.45, 7) is 5.50. The highest BCUT2D eigenvalue weighted by Gasteiger charge is 2.51. The molecule has 1 aromatic heterocycles. The van der Waals surface area contributed by atoms with Crippen LogP contribution in [0.4, 0.5) is 26.0 Å². The van der Waals surface area contributed by atoms with Gasteiger partial charge < -0.3 is 29.7 Å². The van der Waals surface area contributed by atoms with E-state index < -0.39 is 37.0 Å². The van der Waals surface area contributed by atoms with Crippen molar-refractivity contribution in [2.24, 2.45) is 5.92 Å². The van der Waals surface area contributed by atoms with Crippen molar-refractivity contribution in [2.45, 2.75) is 25.0 Å². The fourth-order valence-electron chi connectivity index (χ4n) is 6.01. The van der Waals surface area contributed by atoms with Gasteiger partial charge in [-0.1, -0.05) is 6.92 Å². The molecular weight excluding hydrogens is 584 g/mol. The second kappa shape index (κ2) is 12.9. The number of aromatic nitrogens is 2. The van der Waals surface area contributed by atoms with Crippen molar-refractivity contribution in [3.8, 4) is 23.2 Å². The predicted octanol–water partition coefficient (Wildman–Crippen LogP) is 3.13. The Bertz CT molecular complexity index is 1560. The SMILES string of the molecule is C[C@@H]1CN(C(=O)CO)CC(F)(F)[C@H]1Oc1ccc(-c2nccc(Nc3ccc(N4CCN(C5COC5)CC4)cc3)n2)cc1C#N. The number of piperidine rings is 1. The number of piperazine rings is 1. The highest BCUT2D eigenvalue weighted by atomic mass is 19.3. The van der Waals surface area contributed by atoms with E-state index in [-0.39, 0.29) is 17.9 Å². The predicted molar refractivity (Wildman–Crippen MR) is 162 cm³/mol. The summed E-state index contributed by atoms with van der Waals surface area (Å²) in [5.74, 6) is -3.97. The highest BCUT2D eigenvalue weighted by molar-refractivity contribution is 5.77. The number of rotatable bonds is 8. The van der Waals surface area contributed by atoms with Gasteiger partial charge in [-0.3, -0.25) is 9.69 Å². The summed E-state index contributed by atoms with van der Waals surface area (Å²) in [6, 6.07) is 17.1. The zero-order valence-electron chi connectivity index (χ0n) is 24.9. The second-order valence-electron chi connectivity index (χ2n) is 11.7. The molecule has 6 rings (SSSR count). The first-order chi connectivity index (χ1) is 21.7. The fourth-order valence-corrected chi connectivity index (χ4v) is 6.01. The average molecular weight is 620 g/mol. The van der Waals surface area contributed by atoms with Crippen LogP contribution in [0.15, 0.2) is 54.7 Å². The van der Waals surface area contributed by atoms with Crippen molar-refractivity contribution in [2.75, 3.05) is 69.3 Å². The van der Waals surface area contributed by atoms with E-state index in [1.54, 1.807) is 25.3 Å². The van der Waals surface area contributed by atoms with Crippen molar-refractivity contribution in [3.63, 3.8) is 0 Å². The van der Waals surface area contributed by atoms with E-state index in [1.165, 1.54) is 12.1 Å². The Hall–Kier alpha value is -4.38. The second-order valence-corrected chi connectivity index (χ2v) is 11.7. The van der Waals surface area contributed by atoms with E-state index in [4.69, 9.17) is 14.6 Å². The lowest BCUT2D eigenvalue weighted by Gasteiger charge is -2.43. The van der Waals surface area contributed by atoms with Gasteiger partial charge in [0, 0.05) is 61.8 Å². The van der Waals surface area contributed by atoms with Crippen LogP contribution < -0.4 is 15.0 Å². The number of carbonyl (C=O) groups excluding carboxylic acids is 1. The first-order valence-corrected chi connectivity index (χ1v) is 15.0. The number of likely N-dealkylation sites (tertiary alicyclic amines) is 1. The van der Waals surface area contributed by atoms with Gasteiger partial charge in [-0.05, 0) is 48.5 Å². The van der Waals surface area contributed by atoms with Crippen LogP contribution in [-0.2, 0) is 9.53 Å². The van der Waals surface area contributed by atoms with Crippen LogP contribution in [-0.4, -0.2) is 108 Å². The van der Waals surface area contributed by atoms with E-state index in [2.05, 4.69) is 37.2 Å². The Balaban J connectivity index is 1.11. The number of benzene rings is 2. The number of alkyl halides is 2. The van der Waals surface area contributed by atoms with E-state index in [9.17, 15) is 10.1 Å². The molecule has 0 bridgehead atoms. The molecule has 0 radical (unpaired) electrons. The number of ether oxygens (including phenoxy) is 2. The van der Waals surface area contributed by atoms with E-state index >= 15 is 8.78 Å². The molecule has 3 saturated heterocycles. The zero-order chi connectivity index (χ0) is 31.6. The van der Waals surface area contributed by atoms with Crippen LogP contribution in [0.2, 0.25) is 0 Å². The van der Waals surface area contributed by atoms with Gasteiger partial charge in [-0.25, -0.2) is 18.7 Å². The topological polar surface area (TPSA) is 127 Å². The molecule has 2 aromatic carbocycles. The van der Waals surface area contributed by atoms with Crippen molar-refractivity contribution in [1.82, 2.24) is 19.8 Å². The minimum absolute atomic E-state index is 0.00352. The third-order valence-corrected chi connectivity index (χ3v) is 8.55. The van der Waals surface area contributed by atoms with Crippen LogP contribution >= 0.6 is 0 Å². The average Bonchev–Trinajstić information content (AvgIpc) is 3.02. The van der Waals surface area contributed by atoms with Gasteiger partial charge >= 0.3 is 5.92 Å². The summed E-state index contributed by atoms with van der Waals surface area (Å²) in [5.41, 5.74) is 2.60. The number of aliphatic hydroxyl groups excluding tert-OH is 1. The third-order valence-electron chi connectivity index (χ3n) is 8.55. The summed E-state index contributed by atoms with van der Waals surface area (Å²) in [7, 11) is 0. The van der Waals surface area contributed by atoms with Gasteiger partial charge in [0.2, 0.25) is 5.91 Å². The quantitative estimate of drug-likeness (QED) is 0.388. The Morgan fingerprint density at radius 1 is 1.16 bits per heavy atom. The van der Waals surface area contributed by atoms with Gasteiger partial charge in [-0.15, -0.1) is 0 Å². The number of amides is 1. The lowest BCUT2D eigenvalue weighted by atomic mass is 9.93. The smallest absolute Gasteiger partial charge is 0.301 e. The minimum atomic E-state index is -3.38. The van der Waals surface area contributed by atoms with Crippen LogP contribution in [0.1, 0.15) is 12.5 Å². The Morgan fingerprint density at radius 2 is 1.91 bits per heavy atom. The number of nitriles is 1. The summed E-state index contributed by atoms with van der Waals surface area (Å²) in [6.07, 6.45) is 0.0478. The summed E-state index contributed by atoms with van der Waals surface area (Å²) in [4.78, 5) is 26.6. The minimum Gasteiger partial charge on any atom is -0.482 e. The normalized spacial score (nSPS) is 21.9. The molecule has 2 atom stereocenters. The van der Waals surface area contributed by atoms with Crippen LogP contribution in [0.5, 0.6) is 5.75 Å². The molecular formula is C32H35F2N7O4. The fraction of sp³-hybridized carbons (Fsp3) is 0.438. The van der Waals surface area contributed by atoms with Crippen LogP contribution in [0.3, 0.4) is 0 Å². The number of aliphatic hydroxyl groups is 1. The first kappa shape index (κ1) is 30.6. The molecule has 2 N–H and O–H groups in total. The third kappa shape index (κ3) is 6.68. The molecule has 3 aliphatic heterocycles. The number of hydrogen-bond acceptors (Lipinski definition) is 10. The first-order valence-electron chi connectivity index (χ1n) is 15.0. The van der Waals surface area contributed by atoms with Gasteiger partial charge in [0.05, 0.1) is 31.4 Å². The van der Waals surface area contributed by atoms with E-state index in [0.29, 0.717) is 23.2 Å². The van der Waals surface area contributed by atoms with Crippen LogP contribution in [0.25, 0.3) is 11.4 Å². The van der Waals surface area contributed by atoms with Crippen molar-refractivity contribution >= 4 is 23.1 Å². The maximum Gasteiger partial charge on any atom is 0.301 e. The molecule has 13 heteroatoms. The number of halogens is 2. The van der Waals surface area contributed by atoms with Crippen LogP contribution in [0, 0.1) is 17.2 Å². The molecule has 45 heavy (non-hydrogen) atoms. The van der Waals surface area contributed by atoms with E-state index in [1.807, 2.05) is 18.2 Å². The molecule has 0 spiro atoms. The highest BCUT2D eigenvalue weighted by Crippen LogP contribution is 2.36. The lowest BCUT2D eigenvalue weighted by Crippen LogP contribution is -2.59.